The molecule has 150 valence electrons. The average molecular weight is 396 g/mol. The van der Waals surface area contributed by atoms with Crippen LogP contribution in [0.25, 0.3) is 32.3 Å². The Labute approximate surface area is 165 Å². The highest BCUT2D eigenvalue weighted by molar-refractivity contribution is 6.22. The summed E-state index contributed by atoms with van der Waals surface area (Å²) in [5.74, 6) is -1.52. The molecule has 0 aromatic heterocycles. The quantitative estimate of drug-likeness (QED) is 0.308. The minimum Gasteiger partial charge on any atom is -0.479 e. The molecular weight excluding hydrogens is 376 g/mol. The number of carboxylic acids is 1. The summed E-state index contributed by atoms with van der Waals surface area (Å²) in [5, 5.41) is 52.5. The average Bonchev–Trinajstić information content (AvgIpc) is 2.73. The van der Waals surface area contributed by atoms with Gasteiger partial charge in [0.2, 0.25) is 0 Å². The maximum Gasteiger partial charge on any atom is 0.335 e. The van der Waals surface area contributed by atoms with Crippen LogP contribution in [-0.2, 0) is 9.53 Å². The third kappa shape index (κ3) is 3.39. The van der Waals surface area contributed by atoms with Crippen molar-refractivity contribution in [2.24, 2.45) is 0 Å². The van der Waals surface area contributed by atoms with Gasteiger partial charge in [0.25, 0.3) is 0 Å². The second kappa shape index (κ2) is 7.55. The number of aliphatic hydroxyl groups excluding tert-OH is 4. The summed E-state index contributed by atoms with van der Waals surface area (Å²) in [6, 6.07) is 21.9. The van der Waals surface area contributed by atoms with Gasteiger partial charge in [-0.3, -0.25) is 0 Å². The first-order valence-corrected chi connectivity index (χ1v) is 9.11. The monoisotopic (exact) mass is 396 g/mol. The van der Waals surface area contributed by atoms with Crippen molar-refractivity contribution < 1.29 is 35.1 Å². The number of rotatable bonds is 1. The van der Waals surface area contributed by atoms with E-state index in [0.29, 0.717) is 0 Å². The lowest BCUT2D eigenvalue weighted by Crippen LogP contribution is -2.59. The highest BCUT2D eigenvalue weighted by Crippen LogP contribution is 2.33. The van der Waals surface area contributed by atoms with Crippen LogP contribution in [0.3, 0.4) is 0 Å². The molecule has 0 bridgehead atoms. The standard InChI is InChI=1S/C16H10.C6H10O7/c1-3-11-7-9-13-5-2-6-14-10-8-12(4-1)15(11)16(13)14;7-1-2(8)4(5(10)11)13-6(12)3(1)9/h1-10H;1-4,6-9,12H,(H,10,11)/t;1-,2-,3+,4-,6+/m.0/s1. The molecule has 0 saturated carbocycles. The Hall–Kier alpha value is -2.81. The summed E-state index contributed by atoms with van der Waals surface area (Å²) in [6.07, 6.45) is -8.72. The van der Waals surface area contributed by atoms with Crippen molar-refractivity contribution in [1.82, 2.24) is 0 Å². The molecule has 4 aromatic rings. The minimum absolute atomic E-state index is 1.34. The van der Waals surface area contributed by atoms with Gasteiger partial charge >= 0.3 is 5.97 Å². The van der Waals surface area contributed by atoms with Gasteiger partial charge in [-0.05, 0) is 32.3 Å². The van der Waals surface area contributed by atoms with Gasteiger partial charge in [-0.15, -0.1) is 0 Å². The Balaban J connectivity index is 0.000000146. The number of carbonyl (C=O) groups is 1. The van der Waals surface area contributed by atoms with Crippen LogP contribution < -0.4 is 0 Å². The molecule has 0 spiro atoms. The number of hydrogen-bond acceptors (Lipinski definition) is 6. The van der Waals surface area contributed by atoms with Crippen molar-refractivity contribution in [2.45, 2.75) is 30.7 Å². The molecule has 29 heavy (non-hydrogen) atoms. The summed E-state index contributed by atoms with van der Waals surface area (Å²) in [6.45, 7) is 0. The summed E-state index contributed by atoms with van der Waals surface area (Å²) >= 11 is 0. The summed E-state index contributed by atoms with van der Waals surface area (Å²) < 4.78 is 4.34. The molecular formula is C22H20O7. The summed E-state index contributed by atoms with van der Waals surface area (Å²) in [7, 11) is 0. The molecule has 7 heteroatoms. The lowest BCUT2D eigenvalue weighted by molar-refractivity contribution is -0.279. The van der Waals surface area contributed by atoms with Crippen molar-refractivity contribution in [2.75, 3.05) is 0 Å². The van der Waals surface area contributed by atoms with Crippen LogP contribution in [0.5, 0.6) is 0 Å². The van der Waals surface area contributed by atoms with Gasteiger partial charge in [0.15, 0.2) is 12.4 Å². The Morgan fingerprint density at radius 1 is 0.655 bits per heavy atom. The largest absolute Gasteiger partial charge is 0.479 e. The van der Waals surface area contributed by atoms with E-state index in [9.17, 15) is 4.79 Å². The van der Waals surface area contributed by atoms with E-state index in [1.807, 2.05) is 0 Å². The second-order valence-electron chi connectivity index (χ2n) is 7.05. The zero-order valence-electron chi connectivity index (χ0n) is 15.2. The number of aliphatic hydroxyl groups is 4. The second-order valence-corrected chi connectivity index (χ2v) is 7.05. The van der Waals surface area contributed by atoms with Gasteiger partial charge in [-0.1, -0.05) is 60.7 Å². The van der Waals surface area contributed by atoms with Crippen molar-refractivity contribution in [3.05, 3.63) is 60.7 Å². The van der Waals surface area contributed by atoms with E-state index in [2.05, 4.69) is 65.4 Å². The van der Waals surface area contributed by atoms with E-state index in [4.69, 9.17) is 25.5 Å². The fourth-order valence-electron chi connectivity index (χ4n) is 3.73. The van der Waals surface area contributed by atoms with E-state index in [-0.39, 0.29) is 0 Å². The van der Waals surface area contributed by atoms with Gasteiger partial charge in [0.05, 0.1) is 0 Å². The molecule has 1 aliphatic rings. The molecule has 5 N–H and O–H groups in total. The van der Waals surface area contributed by atoms with E-state index in [1.165, 1.54) is 32.3 Å². The smallest absolute Gasteiger partial charge is 0.335 e. The van der Waals surface area contributed by atoms with Crippen LogP contribution in [0.15, 0.2) is 60.7 Å². The fraction of sp³-hybridized carbons (Fsp3) is 0.227. The number of hydrogen-bond donors (Lipinski definition) is 5. The molecule has 1 fully saturated rings. The van der Waals surface area contributed by atoms with Gasteiger partial charge in [0, 0.05) is 0 Å². The van der Waals surface area contributed by atoms with Crippen molar-refractivity contribution in [1.29, 1.82) is 0 Å². The van der Waals surface area contributed by atoms with E-state index < -0.39 is 36.7 Å². The highest BCUT2D eigenvalue weighted by atomic mass is 16.6. The van der Waals surface area contributed by atoms with Crippen molar-refractivity contribution in [3.8, 4) is 0 Å². The van der Waals surface area contributed by atoms with E-state index in [0.717, 1.165) is 0 Å². The SMILES string of the molecule is O=C(O)[C@H]1O[C@@H](O)[C@H](O)[C@@H](O)[C@@H]1O.c1cc2ccc3cccc4ccc(c1)c2c34. The van der Waals surface area contributed by atoms with Crippen molar-refractivity contribution in [3.63, 3.8) is 0 Å². The first kappa shape index (κ1) is 19.5. The Bertz CT molecular complexity index is 1030. The molecule has 1 aliphatic heterocycles. The Kier molecular flexibility index (Phi) is 5.08. The van der Waals surface area contributed by atoms with E-state index >= 15 is 0 Å². The number of ether oxygens (including phenoxy) is 1. The third-order valence-corrected chi connectivity index (χ3v) is 5.22. The van der Waals surface area contributed by atoms with Crippen molar-refractivity contribution >= 4 is 38.3 Å². The molecule has 4 aromatic carbocycles. The van der Waals surface area contributed by atoms with Gasteiger partial charge < -0.3 is 30.3 Å². The zero-order chi connectivity index (χ0) is 20.7. The molecule has 0 radical (unpaired) electrons. The summed E-state index contributed by atoms with van der Waals surface area (Å²) in [4.78, 5) is 10.4. The molecule has 5 atom stereocenters. The molecule has 5 rings (SSSR count). The molecule has 0 unspecified atom stereocenters. The zero-order valence-corrected chi connectivity index (χ0v) is 15.2. The molecule has 0 amide bonds. The third-order valence-electron chi connectivity index (χ3n) is 5.22. The van der Waals surface area contributed by atoms with Gasteiger partial charge in [0.1, 0.15) is 18.3 Å². The lowest BCUT2D eigenvalue weighted by atomic mass is 9.95. The molecule has 7 nitrogen and oxygen atoms in total. The maximum absolute atomic E-state index is 10.4. The number of carboxylic acid groups (broad SMARTS) is 1. The van der Waals surface area contributed by atoms with Crippen LogP contribution in [0.4, 0.5) is 0 Å². The fourth-order valence-corrected chi connectivity index (χ4v) is 3.73. The highest BCUT2D eigenvalue weighted by Gasteiger charge is 2.46. The number of benzene rings is 4. The topological polar surface area (TPSA) is 127 Å². The molecule has 1 saturated heterocycles. The van der Waals surface area contributed by atoms with Crippen LogP contribution in [-0.4, -0.2) is 62.2 Å². The van der Waals surface area contributed by atoms with Crippen LogP contribution in [0.1, 0.15) is 0 Å². The lowest BCUT2D eigenvalue weighted by Gasteiger charge is -2.36. The Morgan fingerprint density at radius 2 is 1.07 bits per heavy atom. The van der Waals surface area contributed by atoms with E-state index in [1.54, 1.807) is 0 Å². The normalized spacial score (nSPS) is 27.1. The number of aliphatic carboxylic acids is 1. The minimum atomic E-state index is -1.81. The van der Waals surface area contributed by atoms with Gasteiger partial charge in [-0.2, -0.15) is 0 Å². The van der Waals surface area contributed by atoms with Crippen LogP contribution in [0.2, 0.25) is 0 Å². The van der Waals surface area contributed by atoms with Crippen LogP contribution in [0, 0.1) is 0 Å². The predicted octanol–water partition coefficient (Wildman–Crippen LogP) is 1.45. The van der Waals surface area contributed by atoms with Gasteiger partial charge in [-0.25, -0.2) is 4.79 Å². The maximum atomic E-state index is 10.4. The molecule has 1 heterocycles. The summed E-state index contributed by atoms with van der Waals surface area (Å²) in [5.41, 5.74) is 0. The predicted molar refractivity (Wildman–Crippen MR) is 107 cm³/mol. The van der Waals surface area contributed by atoms with Crippen LogP contribution >= 0.6 is 0 Å². The first-order chi connectivity index (χ1) is 13.9. The molecule has 0 aliphatic carbocycles. The Morgan fingerprint density at radius 3 is 1.45 bits per heavy atom. The first-order valence-electron chi connectivity index (χ1n) is 9.11.